The minimum Gasteiger partial charge on any atom is -0.467 e. The van der Waals surface area contributed by atoms with Crippen molar-refractivity contribution in [3.05, 3.63) is 0 Å². The molecule has 0 radical (unpaired) electrons. The first kappa shape index (κ1) is 16.3. The number of nitrogens with two attached hydrogens (primary N) is 1. The Labute approximate surface area is 142 Å². The summed E-state index contributed by atoms with van der Waals surface area (Å²) in [4.78, 5) is 27.3. The van der Waals surface area contributed by atoms with Crippen molar-refractivity contribution in [2.45, 2.75) is 62.5 Å². The number of methoxy groups -OCH3 is 1. The molecule has 1 aliphatic heterocycles. The van der Waals surface area contributed by atoms with Gasteiger partial charge in [0, 0.05) is 12.0 Å². The highest BCUT2D eigenvalue weighted by molar-refractivity contribution is 5.90. The summed E-state index contributed by atoms with van der Waals surface area (Å²) in [5.74, 6) is 0.411. The van der Waals surface area contributed by atoms with Crippen LogP contribution in [0.25, 0.3) is 0 Å². The molecule has 1 heterocycles. The lowest BCUT2D eigenvalue weighted by Crippen LogP contribution is -2.71. The van der Waals surface area contributed by atoms with E-state index in [-0.39, 0.29) is 23.8 Å². The number of hydrogen-bond donors (Lipinski definition) is 2. The summed E-state index contributed by atoms with van der Waals surface area (Å²) in [7, 11) is 1.41. The number of carbonyl (C=O) groups excluding carboxylic acids is 2. The lowest BCUT2D eigenvalue weighted by molar-refractivity contribution is -0.216. The fraction of sp³-hybridized carbons (Fsp3) is 0.889. The zero-order chi connectivity index (χ0) is 17.2. The Morgan fingerprint density at radius 3 is 2.46 bits per heavy atom. The van der Waals surface area contributed by atoms with Gasteiger partial charge in [-0.25, -0.2) is 4.79 Å². The van der Waals surface area contributed by atoms with E-state index >= 15 is 0 Å². The van der Waals surface area contributed by atoms with Gasteiger partial charge >= 0.3 is 5.97 Å². The van der Waals surface area contributed by atoms with Crippen LogP contribution in [0.3, 0.4) is 0 Å². The molecular weight excluding hydrogens is 308 g/mol. The molecule has 134 valence electrons. The first-order valence-electron chi connectivity index (χ1n) is 9.19. The fourth-order valence-electron chi connectivity index (χ4n) is 7.11. The normalized spacial score (nSPS) is 46.4. The third-order valence-corrected chi connectivity index (χ3v) is 7.29. The van der Waals surface area contributed by atoms with Crippen molar-refractivity contribution in [1.29, 1.82) is 0 Å². The first-order valence-corrected chi connectivity index (χ1v) is 9.19. The molecule has 5 aliphatic rings. The predicted molar refractivity (Wildman–Crippen MR) is 86.8 cm³/mol. The van der Waals surface area contributed by atoms with E-state index in [1.165, 1.54) is 7.11 Å². The minimum absolute atomic E-state index is 0.0913. The molecule has 6 nitrogen and oxygen atoms in total. The van der Waals surface area contributed by atoms with E-state index in [4.69, 9.17) is 10.5 Å². The highest BCUT2D eigenvalue weighted by atomic mass is 16.5. The van der Waals surface area contributed by atoms with Gasteiger partial charge in [0.15, 0.2) is 0 Å². The van der Waals surface area contributed by atoms with Crippen LogP contribution in [-0.4, -0.2) is 53.2 Å². The molecule has 1 amide bonds. The van der Waals surface area contributed by atoms with Crippen molar-refractivity contribution in [3.8, 4) is 0 Å². The summed E-state index contributed by atoms with van der Waals surface area (Å²) in [6.07, 6.45) is 6.67. The maximum absolute atomic E-state index is 13.0. The lowest BCUT2D eigenvalue weighted by Gasteiger charge is -2.65. The maximum Gasteiger partial charge on any atom is 0.332 e. The van der Waals surface area contributed by atoms with Gasteiger partial charge in [-0.15, -0.1) is 0 Å². The zero-order valence-corrected chi connectivity index (χ0v) is 14.4. The molecule has 4 bridgehead atoms. The average molecular weight is 336 g/mol. The summed E-state index contributed by atoms with van der Waals surface area (Å²) in [5, 5.41) is 11.1. The molecule has 4 aliphatic carbocycles. The highest BCUT2D eigenvalue weighted by Crippen LogP contribution is 2.67. The Balaban J connectivity index is 1.83. The van der Waals surface area contributed by atoms with E-state index in [1.54, 1.807) is 4.90 Å². The van der Waals surface area contributed by atoms with E-state index in [0.717, 1.165) is 38.5 Å². The number of nitrogens with zero attached hydrogens (tertiary/aromatic N) is 1. The highest BCUT2D eigenvalue weighted by Gasteiger charge is 2.70. The van der Waals surface area contributed by atoms with E-state index in [9.17, 15) is 14.7 Å². The summed E-state index contributed by atoms with van der Waals surface area (Å²) in [5.41, 5.74) is 3.66. The van der Waals surface area contributed by atoms with Crippen LogP contribution >= 0.6 is 0 Å². The van der Waals surface area contributed by atoms with Gasteiger partial charge in [0.2, 0.25) is 5.91 Å². The third kappa shape index (κ3) is 1.96. The number of esters is 1. The monoisotopic (exact) mass is 336 g/mol. The number of carbonyl (C=O) groups is 2. The van der Waals surface area contributed by atoms with E-state index in [2.05, 4.69) is 0 Å². The van der Waals surface area contributed by atoms with Crippen molar-refractivity contribution < 1.29 is 19.4 Å². The number of likely N-dealkylation sites (tertiary alicyclic amines) is 1. The molecule has 1 saturated heterocycles. The maximum atomic E-state index is 13.0. The molecule has 0 aromatic rings. The smallest absolute Gasteiger partial charge is 0.332 e. The second-order valence-corrected chi connectivity index (χ2v) is 8.67. The summed E-state index contributed by atoms with van der Waals surface area (Å²) in [6, 6.07) is 0. The summed E-state index contributed by atoms with van der Waals surface area (Å²) >= 11 is 0. The van der Waals surface area contributed by atoms with Crippen LogP contribution in [0.5, 0.6) is 0 Å². The molecule has 0 aromatic carbocycles. The van der Waals surface area contributed by atoms with Crippen molar-refractivity contribution in [3.63, 3.8) is 0 Å². The van der Waals surface area contributed by atoms with Crippen LogP contribution < -0.4 is 5.73 Å². The lowest BCUT2D eigenvalue weighted by atomic mass is 9.42. The third-order valence-electron chi connectivity index (χ3n) is 7.29. The largest absolute Gasteiger partial charge is 0.467 e. The van der Waals surface area contributed by atoms with Crippen molar-refractivity contribution in [1.82, 2.24) is 4.90 Å². The van der Waals surface area contributed by atoms with Crippen LogP contribution in [0.2, 0.25) is 0 Å². The van der Waals surface area contributed by atoms with E-state index in [0.29, 0.717) is 31.2 Å². The van der Waals surface area contributed by atoms with Gasteiger partial charge in [0.25, 0.3) is 0 Å². The van der Waals surface area contributed by atoms with Gasteiger partial charge in [-0.2, -0.15) is 0 Å². The SMILES string of the molecule is COC(=O)[C@]1(C23CC4CC(CC(O)(C4)C2)C3)CCCN1C(=O)CN. The molecule has 3 atom stereocenters. The van der Waals surface area contributed by atoms with Crippen LogP contribution in [-0.2, 0) is 14.3 Å². The van der Waals surface area contributed by atoms with Gasteiger partial charge in [-0.3, -0.25) is 4.79 Å². The quantitative estimate of drug-likeness (QED) is 0.744. The topological polar surface area (TPSA) is 92.9 Å². The van der Waals surface area contributed by atoms with Gasteiger partial charge in [0.05, 0.1) is 19.3 Å². The molecule has 2 unspecified atom stereocenters. The van der Waals surface area contributed by atoms with Crippen molar-refractivity contribution >= 4 is 11.9 Å². The molecular formula is C18H28N2O4. The molecule has 3 N–H and O–H groups in total. The molecule has 0 spiro atoms. The Morgan fingerprint density at radius 1 is 1.25 bits per heavy atom. The molecule has 4 saturated carbocycles. The van der Waals surface area contributed by atoms with Crippen LogP contribution in [0.4, 0.5) is 0 Å². The Kier molecular flexibility index (Phi) is 3.52. The zero-order valence-electron chi connectivity index (χ0n) is 14.4. The average Bonchev–Trinajstić information content (AvgIpc) is 2.97. The molecule has 5 rings (SSSR count). The number of amides is 1. The van der Waals surface area contributed by atoms with Crippen molar-refractivity contribution in [2.24, 2.45) is 23.0 Å². The number of ether oxygens (including phenoxy) is 1. The van der Waals surface area contributed by atoms with Gasteiger partial charge in [0.1, 0.15) is 5.54 Å². The van der Waals surface area contributed by atoms with Gasteiger partial charge in [-0.05, 0) is 63.2 Å². The Bertz CT molecular complexity index is 563. The number of aliphatic hydroxyl groups is 1. The van der Waals surface area contributed by atoms with E-state index in [1.807, 2.05) is 0 Å². The first-order chi connectivity index (χ1) is 11.4. The molecule has 6 heteroatoms. The summed E-state index contributed by atoms with van der Waals surface area (Å²) < 4.78 is 5.23. The van der Waals surface area contributed by atoms with Gasteiger partial charge < -0.3 is 20.5 Å². The molecule has 24 heavy (non-hydrogen) atoms. The second kappa shape index (κ2) is 5.18. The van der Waals surface area contributed by atoms with Gasteiger partial charge in [-0.1, -0.05) is 0 Å². The summed E-state index contributed by atoms with van der Waals surface area (Å²) in [6.45, 7) is 0.465. The van der Waals surface area contributed by atoms with Crippen LogP contribution in [0, 0.1) is 17.3 Å². The van der Waals surface area contributed by atoms with Crippen LogP contribution in [0.15, 0.2) is 0 Å². The minimum atomic E-state index is -0.941. The van der Waals surface area contributed by atoms with Crippen molar-refractivity contribution in [2.75, 3.05) is 20.2 Å². The Hall–Kier alpha value is -1.14. The van der Waals surface area contributed by atoms with Crippen LogP contribution in [0.1, 0.15) is 51.4 Å². The molecule has 0 aromatic heterocycles. The van der Waals surface area contributed by atoms with E-state index < -0.39 is 11.1 Å². The fourth-order valence-corrected chi connectivity index (χ4v) is 7.11. The number of rotatable bonds is 3. The second-order valence-electron chi connectivity index (χ2n) is 8.67. The Morgan fingerprint density at radius 2 is 1.92 bits per heavy atom. The standard InChI is InChI=1S/C18H28N2O4/c1-24-15(22)18(3-2-4-20(18)14(21)10-19)16-6-12-5-13(7-16)9-17(23,8-12)11-16/h12-13,23H,2-11,19H2,1H3/t12?,13?,16?,17?,18-/m0/s1. The molecule has 5 fully saturated rings. The predicted octanol–water partition coefficient (Wildman–Crippen LogP) is 0.811. The number of hydrogen-bond acceptors (Lipinski definition) is 5.